The van der Waals surface area contributed by atoms with Crippen LogP contribution in [0.15, 0.2) is 24.3 Å². The number of hydrogen-bond donors (Lipinski definition) is 1. The molecule has 0 saturated carbocycles. The van der Waals surface area contributed by atoms with Crippen molar-refractivity contribution in [3.63, 3.8) is 0 Å². The zero-order chi connectivity index (χ0) is 16.0. The van der Waals surface area contributed by atoms with Gasteiger partial charge in [-0.05, 0) is 24.6 Å². The van der Waals surface area contributed by atoms with E-state index in [4.69, 9.17) is 9.47 Å². The van der Waals surface area contributed by atoms with Crippen LogP contribution in [0.4, 0.5) is 0 Å². The molecule has 0 spiro atoms. The molecule has 0 aromatic heterocycles. The zero-order valence-corrected chi connectivity index (χ0v) is 13.9. The van der Waals surface area contributed by atoms with E-state index in [-0.39, 0.29) is 6.04 Å². The molecule has 0 radical (unpaired) electrons. The lowest BCUT2D eigenvalue weighted by Crippen LogP contribution is -2.43. The second-order valence-corrected chi connectivity index (χ2v) is 7.12. The van der Waals surface area contributed by atoms with Gasteiger partial charge in [-0.3, -0.25) is 4.90 Å². The highest BCUT2D eigenvalue weighted by Gasteiger charge is 2.23. The number of nitrogens with zero attached hydrogens (tertiary/aromatic N) is 1. The largest absolute Gasteiger partial charge is 0.494 e. The molecule has 0 bridgehead atoms. The van der Waals surface area contributed by atoms with E-state index in [1.807, 2.05) is 31.2 Å². The Hall–Kier alpha value is -1.15. The third kappa shape index (κ3) is 5.24. The molecule has 1 fully saturated rings. The van der Waals surface area contributed by atoms with Crippen LogP contribution in [0.3, 0.4) is 0 Å². The van der Waals surface area contributed by atoms with Crippen molar-refractivity contribution in [2.75, 3.05) is 45.7 Å². The molecule has 22 heavy (non-hydrogen) atoms. The van der Waals surface area contributed by atoms with Gasteiger partial charge in [0.1, 0.15) is 5.75 Å². The fraction of sp³-hybridized carbons (Fsp3) is 0.600. The molecular formula is C15H24N2O4S. The molecule has 1 aromatic carbocycles. The van der Waals surface area contributed by atoms with Gasteiger partial charge < -0.3 is 9.47 Å². The molecule has 0 aliphatic carbocycles. The minimum Gasteiger partial charge on any atom is -0.494 e. The number of rotatable bonds is 7. The maximum Gasteiger partial charge on any atom is 0.208 e. The van der Waals surface area contributed by atoms with Gasteiger partial charge in [-0.15, -0.1) is 0 Å². The number of morpholine rings is 1. The summed E-state index contributed by atoms with van der Waals surface area (Å²) in [7, 11) is -3.22. The lowest BCUT2D eigenvalue weighted by molar-refractivity contribution is 0.0172. The monoisotopic (exact) mass is 328 g/mol. The lowest BCUT2D eigenvalue weighted by atomic mass is 10.0. The molecule has 7 heteroatoms. The van der Waals surface area contributed by atoms with Gasteiger partial charge in [0.2, 0.25) is 10.0 Å². The lowest BCUT2D eigenvalue weighted by Gasteiger charge is -2.34. The first kappa shape index (κ1) is 17.2. The molecule has 1 N–H and O–H groups in total. The molecule has 6 nitrogen and oxygen atoms in total. The van der Waals surface area contributed by atoms with Gasteiger partial charge in [0, 0.05) is 25.7 Å². The standard InChI is InChI=1S/C15H24N2O4S/c1-3-21-14-6-4-13(5-7-14)15(12-16-22(2,18)19)17-8-10-20-11-9-17/h4-7,15-16H,3,8-12H2,1-2H3. The van der Waals surface area contributed by atoms with E-state index >= 15 is 0 Å². The molecule has 1 heterocycles. The van der Waals surface area contributed by atoms with Gasteiger partial charge in [-0.25, -0.2) is 13.1 Å². The number of sulfonamides is 1. The highest BCUT2D eigenvalue weighted by Crippen LogP contribution is 2.24. The van der Waals surface area contributed by atoms with Crippen molar-refractivity contribution in [1.82, 2.24) is 9.62 Å². The zero-order valence-electron chi connectivity index (χ0n) is 13.1. The van der Waals surface area contributed by atoms with Gasteiger partial charge in [-0.2, -0.15) is 0 Å². The first-order valence-corrected chi connectivity index (χ1v) is 9.38. The molecule has 1 saturated heterocycles. The van der Waals surface area contributed by atoms with Crippen molar-refractivity contribution in [2.24, 2.45) is 0 Å². The quantitative estimate of drug-likeness (QED) is 0.809. The summed E-state index contributed by atoms with van der Waals surface area (Å²) < 4.78 is 36.3. The Labute approximate surface area is 132 Å². The Kier molecular flexibility index (Phi) is 6.19. The highest BCUT2D eigenvalue weighted by atomic mass is 32.2. The van der Waals surface area contributed by atoms with E-state index in [0.717, 1.165) is 24.4 Å². The SMILES string of the molecule is CCOc1ccc(C(CNS(C)(=O)=O)N2CCOCC2)cc1. The summed E-state index contributed by atoms with van der Waals surface area (Å²) in [6.45, 7) is 5.86. The Morgan fingerprint density at radius 2 is 1.91 bits per heavy atom. The van der Waals surface area contributed by atoms with E-state index < -0.39 is 10.0 Å². The number of benzene rings is 1. The molecule has 2 rings (SSSR count). The molecule has 0 amide bonds. The minimum absolute atomic E-state index is 0.00528. The second kappa shape index (κ2) is 7.92. The smallest absolute Gasteiger partial charge is 0.208 e. The van der Waals surface area contributed by atoms with Crippen LogP contribution in [0.2, 0.25) is 0 Å². The van der Waals surface area contributed by atoms with Crippen molar-refractivity contribution in [3.05, 3.63) is 29.8 Å². The summed E-state index contributed by atoms with van der Waals surface area (Å²) in [5.41, 5.74) is 1.07. The average molecular weight is 328 g/mol. The maximum absolute atomic E-state index is 11.4. The van der Waals surface area contributed by atoms with Crippen molar-refractivity contribution in [2.45, 2.75) is 13.0 Å². The summed E-state index contributed by atoms with van der Waals surface area (Å²) in [5, 5.41) is 0. The van der Waals surface area contributed by atoms with E-state index in [1.165, 1.54) is 6.26 Å². The fourth-order valence-corrected chi connectivity index (χ4v) is 2.99. The molecule has 1 aliphatic rings. The van der Waals surface area contributed by atoms with Crippen molar-refractivity contribution in [3.8, 4) is 5.75 Å². The molecule has 1 atom stereocenters. The summed E-state index contributed by atoms with van der Waals surface area (Å²) in [4.78, 5) is 2.25. The summed E-state index contributed by atoms with van der Waals surface area (Å²) >= 11 is 0. The summed E-state index contributed by atoms with van der Waals surface area (Å²) in [5.74, 6) is 0.822. The predicted molar refractivity (Wildman–Crippen MR) is 85.6 cm³/mol. The van der Waals surface area contributed by atoms with E-state index in [0.29, 0.717) is 26.4 Å². The topological polar surface area (TPSA) is 67.9 Å². The first-order valence-electron chi connectivity index (χ1n) is 7.49. The Bertz CT molecular complexity index is 553. The number of ether oxygens (including phenoxy) is 2. The van der Waals surface area contributed by atoms with Gasteiger partial charge in [-0.1, -0.05) is 12.1 Å². The van der Waals surface area contributed by atoms with Gasteiger partial charge >= 0.3 is 0 Å². The van der Waals surface area contributed by atoms with Crippen LogP contribution >= 0.6 is 0 Å². The third-order valence-corrected chi connectivity index (χ3v) is 4.29. The van der Waals surface area contributed by atoms with Crippen molar-refractivity contribution in [1.29, 1.82) is 0 Å². The van der Waals surface area contributed by atoms with Crippen LogP contribution in [0.5, 0.6) is 5.75 Å². The predicted octanol–water partition coefficient (Wildman–Crippen LogP) is 1.01. The van der Waals surface area contributed by atoms with E-state index in [1.54, 1.807) is 0 Å². The number of nitrogens with one attached hydrogen (secondary N) is 1. The maximum atomic E-state index is 11.4. The fourth-order valence-electron chi connectivity index (χ4n) is 2.53. The molecular weight excluding hydrogens is 304 g/mol. The van der Waals surface area contributed by atoms with Crippen LogP contribution in [0, 0.1) is 0 Å². The Morgan fingerprint density at radius 1 is 1.27 bits per heavy atom. The van der Waals surface area contributed by atoms with E-state index in [9.17, 15) is 8.42 Å². The van der Waals surface area contributed by atoms with Gasteiger partial charge in [0.15, 0.2) is 0 Å². The van der Waals surface area contributed by atoms with Crippen LogP contribution in [0.1, 0.15) is 18.5 Å². The van der Waals surface area contributed by atoms with Crippen molar-refractivity contribution < 1.29 is 17.9 Å². The molecule has 1 aliphatic heterocycles. The van der Waals surface area contributed by atoms with Gasteiger partial charge in [0.25, 0.3) is 0 Å². The molecule has 1 unspecified atom stereocenters. The molecule has 1 aromatic rings. The van der Waals surface area contributed by atoms with Crippen LogP contribution in [-0.2, 0) is 14.8 Å². The second-order valence-electron chi connectivity index (χ2n) is 5.29. The summed E-state index contributed by atoms with van der Waals surface area (Å²) in [6.07, 6.45) is 1.18. The van der Waals surface area contributed by atoms with Crippen LogP contribution < -0.4 is 9.46 Å². The normalized spacial score (nSPS) is 18.1. The first-order chi connectivity index (χ1) is 10.5. The van der Waals surface area contributed by atoms with Crippen molar-refractivity contribution >= 4 is 10.0 Å². The molecule has 124 valence electrons. The van der Waals surface area contributed by atoms with Crippen LogP contribution in [0.25, 0.3) is 0 Å². The van der Waals surface area contributed by atoms with Crippen LogP contribution in [-0.4, -0.2) is 59.0 Å². The highest BCUT2D eigenvalue weighted by molar-refractivity contribution is 7.88. The third-order valence-electron chi connectivity index (χ3n) is 3.60. The average Bonchev–Trinajstić information content (AvgIpc) is 2.49. The van der Waals surface area contributed by atoms with Gasteiger partial charge in [0.05, 0.1) is 26.1 Å². The minimum atomic E-state index is -3.22. The summed E-state index contributed by atoms with van der Waals surface area (Å²) in [6, 6.07) is 7.83. The Morgan fingerprint density at radius 3 is 2.45 bits per heavy atom. The van der Waals surface area contributed by atoms with E-state index in [2.05, 4.69) is 9.62 Å². The number of hydrogen-bond acceptors (Lipinski definition) is 5. The Balaban J connectivity index is 2.14.